The topological polar surface area (TPSA) is 67.1 Å². The molecular formula is C26H25ClF2N3O2P. The summed E-state index contributed by atoms with van der Waals surface area (Å²) in [7, 11) is 1.51. The largest absolute Gasteiger partial charge is 0.493 e. The van der Waals surface area contributed by atoms with Crippen molar-refractivity contribution < 1.29 is 18.6 Å². The maximum atomic E-state index is 13.6. The van der Waals surface area contributed by atoms with Crippen molar-refractivity contribution in [3.63, 3.8) is 0 Å². The highest BCUT2D eigenvalue weighted by molar-refractivity contribution is 7.17. The van der Waals surface area contributed by atoms with Gasteiger partial charge in [-0.1, -0.05) is 58.1 Å². The molecule has 3 aromatic rings. The minimum atomic E-state index is -3.06. The van der Waals surface area contributed by atoms with Crippen molar-refractivity contribution in [3.05, 3.63) is 106 Å². The molecule has 0 amide bonds. The Morgan fingerprint density at radius 3 is 2.43 bits per heavy atom. The van der Waals surface area contributed by atoms with Gasteiger partial charge in [0, 0.05) is 23.5 Å². The van der Waals surface area contributed by atoms with Crippen LogP contribution in [0.1, 0.15) is 42.5 Å². The highest BCUT2D eigenvalue weighted by Gasteiger charge is 2.24. The zero-order valence-corrected chi connectivity index (χ0v) is 21.2. The van der Waals surface area contributed by atoms with E-state index >= 15 is 0 Å². The summed E-state index contributed by atoms with van der Waals surface area (Å²) in [4.78, 5) is 12.8. The molecule has 0 spiro atoms. The number of benzene rings is 2. The van der Waals surface area contributed by atoms with Gasteiger partial charge in [-0.2, -0.15) is 13.8 Å². The first-order valence-corrected chi connectivity index (χ1v) is 11.8. The van der Waals surface area contributed by atoms with Crippen molar-refractivity contribution in [2.24, 2.45) is 9.98 Å². The van der Waals surface area contributed by atoms with Crippen LogP contribution in [0.3, 0.4) is 0 Å². The molecule has 1 atom stereocenters. The number of alkyl halides is 2. The average molecular weight is 516 g/mol. The summed E-state index contributed by atoms with van der Waals surface area (Å²) in [6, 6.07) is 14.5. The van der Waals surface area contributed by atoms with Crippen molar-refractivity contribution in [1.82, 2.24) is 4.98 Å². The van der Waals surface area contributed by atoms with Crippen LogP contribution in [-0.4, -0.2) is 21.6 Å². The smallest absolute Gasteiger partial charge is 0.283 e. The lowest BCUT2D eigenvalue weighted by Gasteiger charge is -2.14. The number of rotatable bonds is 8. The quantitative estimate of drug-likeness (QED) is 0.148. The fourth-order valence-corrected chi connectivity index (χ4v) is 3.66. The van der Waals surface area contributed by atoms with Crippen molar-refractivity contribution >= 4 is 32.4 Å². The first kappa shape index (κ1) is 26.5. The summed E-state index contributed by atoms with van der Waals surface area (Å²) in [5.41, 5.74) is -0.810. The Kier molecular flexibility index (Phi) is 9.07. The second-order valence-corrected chi connectivity index (χ2v) is 8.69. The van der Waals surface area contributed by atoms with E-state index in [1.54, 1.807) is 37.5 Å². The molecule has 1 unspecified atom stereocenters. The molecule has 0 aliphatic heterocycles. The van der Waals surface area contributed by atoms with Crippen molar-refractivity contribution in [1.29, 1.82) is 0 Å². The SMILES string of the molecule is CC/C=C(O)/N=C(\N=C(/C)c1c(Cl)cccc1OCc1ccncc1)c1ccc(C(F)(F)P)cc1. The van der Waals surface area contributed by atoms with Gasteiger partial charge < -0.3 is 9.84 Å². The number of hydrogen-bond donors (Lipinski definition) is 1. The highest BCUT2D eigenvalue weighted by atomic mass is 35.5. The standard InChI is InChI=1S/C26H25ClF2N3O2P/c1-3-5-23(33)32-25(19-8-10-20(11-9-19)26(28,29)35)31-17(2)24-21(27)6-4-7-22(24)34-16-18-12-14-30-15-13-18/h4-15,33H,3,16,35H2,1-2H3/b23-5-,31-17+,32-25-. The van der Waals surface area contributed by atoms with Gasteiger partial charge in [0.25, 0.3) is 5.66 Å². The van der Waals surface area contributed by atoms with Gasteiger partial charge in [0.15, 0.2) is 5.84 Å². The van der Waals surface area contributed by atoms with Crippen molar-refractivity contribution in [3.8, 4) is 5.75 Å². The molecule has 0 fully saturated rings. The average Bonchev–Trinajstić information content (AvgIpc) is 2.82. The van der Waals surface area contributed by atoms with Crippen LogP contribution in [-0.2, 0) is 12.3 Å². The second-order valence-electron chi connectivity index (χ2n) is 7.56. The molecule has 0 saturated heterocycles. The first-order chi connectivity index (χ1) is 16.7. The Balaban J connectivity index is 2.01. The number of aliphatic hydroxyl groups excluding tert-OH is 1. The van der Waals surface area contributed by atoms with Gasteiger partial charge in [0.2, 0.25) is 5.88 Å². The number of aliphatic imine (C=N–C) groups is 2. The number of aromatic nitrogens is 1. The Morgan fingerprint density at radius 2 is 1.80 bits per heavy atom. The van der Waals surface area contributed by atoms with E-state index in [1.807, 2.05) is 19.1 Å². The molecule has 0 saturated carbocycles. The van der Waals surface area contributed by atoms with E-state index in [4.69, 9.17) is 16.3 Å². The number of amidine groups is 1. The molecule has 0 bridgehead atoms. The van der Waals surface area contributed by atoms with Gasteiger partial charge in [-0.3, -0.25) is 4.98 Å². The van der Waals surface area contributed by atoms with Crippen LogP contribution in [0.5, 0.6) is 5.75 Å². The minimum Gasteiger partial charge on any atom is -0.493 e. The fraction of sp³-hybridized carbons (Fsp3) is 0.192. The number of halogens is 3. The van der Waals surface area contributed by atoms with Crippen LogP contribution in [0.25, 0.3) is 0 Å². The predicted octanol–water partition coefficient (Wildman–Crippen LogP) is 7.30. The summed E-state index contributed by atoms with van der Waals surface area (Å²) in [6.07, 6.45) is 5.44. The number of aliphatic hydroxyl groups is 1. The highest BCUT2D eigenvalue weighted by Crippen LogP contribution is 2.35. The first-order valence-electron chi connectivity index (χ1n) is 10.8. The summed E-state index contributed by atoms with van der Waals surface area (Å²) < 4.78 is 33.3. The van der Waals surface area contributed by atoms with E-state index < -0.39 is 5.66 Å². The van der Waals surface area contributed by atoms with Crippen LogP contribution >= 0.6 is 20.8 Å². The molecule has 1 N–H and O–H groups in total. The summed E-state index contributed by atoms with van der Waals surface area (Å²) in [5.74, 6) is 0.428. The van der Waals surface area contributed by atoms with E-state index in [1.165, 1.54) is 39.6 Å². The molecule has 0 aliphatic rings. The molecule has 35 heavy (non-hydrogen) atoms. The van der Waals surface area contributed by atoms with Gasteiger partial charge in [-0.25, -0.2) is 4.99 Å². The molecule has 5 nitrogen and oxygen atoms in total. The van der Waals surface area contributed by atoms with E-state index in [0.29, 0.717) is 40.6 Å². The van der Waals surface area contributed by atoms with Crippen LogP contribution in [0.4, 0.5) is 8.78 Å². The molecular weight excluding hydrogens is 491 g/mol. The van der Waals surface area contributed by atoms with Gasteiger partial charge >= 0.3 is 0 Å². The fourth-order valence-electron chi connectivity index (χ4n) is 3.16. The Morgan fingerprint density at radius 1 is 1.11 bits per heavy atom. The lowest BCUT2D eigenvalue weighted by atomic mass is 10.1. The second kappa shape index (κ2) is 12.0. The molecule has 0 radical (unpaired) electrons. The summed E-state index contributed by atoms with van der Waals surface area (Å²) in [5, 5.41) is 10.6. The van der Waals surface area contributed by atoms with Crippen LogP contribution < -0.4 is 4.74 Å². The molecule has 3 rings (SSSR count). The van der Waals surface area contributed by atoms with Gasteiger partial charge in [-0.15, -0.1) is 0 Å². The molecule has 9 heteroatoms. The lowest BCUT2D eigenvalue weighted by molar-refractivity contribution is 0.104. The van der Waals surface area contributed by atoms with E-state index in [9.17, 15) is 13.9 Å². The monoisotopic (exact) mass is 515 g/mol. The van der Waals surface area contributed by atoms with Gasteiger partial charge in [0.05, 0.1) is 16.3 Å². The molecule has 1 heterocycles. The van der Waals surface area contributed by atoms with E-state index in [0.717, 1.165) is 5.56 Å². The van der Waals surface area contributed by atoms with Gasteiger partial charge in [-0.05, 0) is 49.2 Å². The molecule has 0 aliphatic carbocycles. The number of ether oxygens (including phenoxy) is 1. The van der Waals surface area contributed by atoms with Crippen LogP contribution in [0, 0.1) is 0 Å². The molecule has 182 valence electrons. The Hall–Kier alpha value is -3.15. The van der Waals surface area contributed by atoms with Gasteiger partial charge in [0.1, 0.15) is 12.4 Å². The van der Waals surface area contributed by atoms with Crippen molar-refractivity contribution in [2.75, 3.05) is 0 Å². The van der Waals surface area contributed by atoms with E-state index in [-0.39, 0.29) is 17.3 Å². The van der Waals surface area contributed by atoms with Crippen molar-refractivity contribution in [2.45, 2.75) is 32.5 Å². The third-order valence-corrected chi connectivity index (χ3v) is 5.54. The minimum absolute atomic E-state index is 0.142. The number of allylic oxidation sites excluding steroid dienone is 1. The maximum Gasteiger partial charge on any atom is 0.283 e. The number of nitrogens with zero attached hydrogens (tertiary/aromatic N) is 3. The summed E-state index contributed by atoms with van der Waals surface area (Å²) >= 11 is 6.50. The predicted molar refractivity (Wildman–Crippen MR) is 140 cm³/mol. The Labute approximate surface area is 210 Å². The van der Waals surface area contributed by atoms with Crippen LogP contribution in [0.2, 0.25) is 5.02 Å². The number of hydrogen-bond acceptors (Lipinski definition) is 4. The maximum absolute atomic E-state index is 13.6. The normalized spacial score (nSPS) is 13.1. The summed E-state index contributed by atoms with van der Waals surface area (Å²) in [6.45, 7) is 3.89. The third-order valence-electron chi connectivity index (χ3n) is 4.89. The Bertz CT molecular complexity index is 1240. The molecule has 2 aromatic carbocycles. The molecule has 1 aromatic heterocycles. The zero-order chi connectivity index (χ0) is 25.4. The lowest BCUT2D eigenvalue weighted by Crippen LogP contribution is -2.08. The number of pyridine rings is 1. The zero-order valence-electron chi connectivity index (χ0n) is 19.3. The van der Waals surface area contributed by atoms with E-state index in [2.05, 4.69) is 15.0 Å². The third kappa shape index (κ3) is 7.41. The van der Waals surface area contributed by atoms with Crippen LogP contribution in [0.15, 0.2) is 88.9 Å².